The van der Waals surface area contributed by atoms with E-state index >= 15 is 0 Å². The van der Waals surface area contributed by atoms with Crippen molar-refractivity contribution < 1.29 is 4.39 Å². The Morgan fingerprint density at radius 3 is 2.32 bits per heavy atom. The van der Waals surface area contributed by atoms with Crippen molar-refractivity contribution in [2.24, 2.45) is 0 Å². The molecule has 0 aliphatic carbocycles. The Kier molecular flexibility index (Phi) is 4.20. The summed E-state index contributed by atoms with van der Waals surface area (Å²) < 4.78 is 13.2. The molecule has 2 aromatic rings. The maximum absolute atomic E-state index is 13.2. The maximum atomic E-state index is 13.2. The first kappa shape index (κ1) is 13.6. The Hall–Kier alpha value is -1.83. The lowest BCUT2D eigenvalue weighted by molar-refractivity contribution is 0.618. The number of nitrogens with one attached hydrogen (secondary N) is 1. The second-order valence-electron chi connectivity index (χ2n) is 5.21. The van der Waals surface area contributed by atoms with Gasteiger partial charge in [0.25, 0.3) is 0 Å². The van der Waals surface area contributed by atoms with Gasteiger partial charge in [-0.2, -0.15) is 0 Å². The highest BCUT2D eigenvalue weighted by atomic mass is 19.1. The van der Waals surface area contributed by atoms with E-state index in [1.165, 1.54) is 17.2 Å². The van der Waals surface area contributed by atoms with Crippen LogP contribution in [0.5, 0.6) is 0 Å². The Balaban J connectivity index is 2.00. The maximum Gasteiger partial charge on any atom is 0.126 e. The van der Waals surface area contributed by atoms with Crippen LogP contribution < -0.4 is 5.32 Å². The summed E-state index contributed by atoms with van der Waals surface area (Å²) in [7, 11) is 0. The van der Waals surface area contributed by atoms with Crippen LogP contribution in [0.25, 0.3) is 0 Å². The van der Waals surface area contributed by atoms with Crippen LogP contribution in [-0.2, 0) is 6.54 Å². The summed E-state index contributed by atoms with van der Waals surface area (Å²) in [6.07, 6.45) is 0. The molecular weight excluding hydrogens is 237 g/mol. The van der Waals surface area contributed by atoms with Crippen molar-refractivity contribution in [2.75, 3.05) is 5.32 Å². The van der Waals surface area contributed by atoms with Gasteiger partial charge >= 0.3 is 0 Å². The Morgan fingerprint density at radius 1 is 1.05 bits per heavy atom. The van der Waals surface area contributed by atoms with Gasteiger partial charge < -0.3 is 5.32 Å². The van der Waals surface area contributed by atoms with E-state index in [9.17, 15) is 4.39 Å². The van der Waals surface area contributed by atoms with Gasteiger partial charge in [-0.25, -0.2) is 4.39 Å². The highest BCUT2D eigenvalue weighted by Crippen LogP contribution is 2.17. The van der Waals surface area contributed by atoms with Gasteiger partial charge in [0.2, 0.25) is 0 Å². The molecule has 0 saturated heterocycles. The average Bonchev–Trinajstić information content (AvgIpc) is 2.40. The van der Waals surface area contributed by atoms with E-state index in [0.717, 1.165) is 12.2 Å². The fourth-order valence-corrected chi connectivity index (χ4v) is 1.98. The standard InChI is InChI=1S/C17H20FN/c1-12(2)15-6-4-14(5-7-15)11-19-16-8-9-17(18)13(3)10-16/h4-10,12,19H,11H2,1-3H3. The van der Waals surface area contributed by atoms with Gasteiger partial charge in [0, 0.05) is 12.2 Å². The number of halogens is 1. The molecule has 0 aliphatic heterocycles. The second-order valence-corrected chi connectivity index (χ2v) is 5.21. The van der Waals surface area contributed by atoms with Gasteiger partial charge in [0.15, 0.2) is 0 Å². The largest absolute Gasteiger partial charge is 0.381 e. The first-order valence-corrected chi connectivity index (χ1v) is 6.65. The molecule has 0 saturated carbocycles. The minimum absolute atomic E-state index is 0.160. The fraction of sp³-hybridized carbons (Fsp3) is 0.294. The predicted molar refractivity (Wildman–Crippen MR) is 79.0 cm³/mol. The molecule has 2 aromatic carbocycles. The zero-order valence-corrected chi connectivity index (χ0v) is 11.7. The summed E-state index contributed by atoms with van der Waals surface area (Å²) in [5.41, 5.74) is 4.19. The highest BCUT2D eigenvalue weighted by molar-refractivity contribution is 5.46. The van der Waals surface area contributed by atoms with Crippen molar-refractivity contribution in [1.29, 1.82) is 0 Å². The topological polar surface area (TPSA) is 12.0 Å². The molecule has 100 valence electrons. The molecule has 2 rings (SSSR count). The lowest BCUT2D eigenvalue weighted by Crippen LogP contribution is -2.00. The Labute approximate surface area is 114 Å². The predicted octanol–water partition coefficient (Wildman–Crippen LogP) is 4.87. The molecule has 0 unspecified atom stereocenters. The van der Waals surface area contributed by atoms with E-state index in [0.29, 0.717) is 11.5 Å². The second kappa shape index (κ2) is 5.87. The molecule has 0 fully saturated rings. The summed E-state index contributed by atoms with van der Waals surface area (Å²) >= 11 is 0. The summed E-state index contributed by atoms with van der Waals surface area (Å²) in [6.45, 7) is 6.91. The molecule has 1 nitrogen and oxygen atoms in total. The van der Waals surface area contributed by atoms with E-state index in [1.807, 2.05) is 6.07 Å². The first-order valence-electron chi connectivity index (χ1n) is 6.65. The quantitative estimate of drug-likeness (QED) is 0.824. The molecule has 19 heavy (non-hydrogen) atoms. The summed E-state index contributed by atoms with van der Waals surface area (Å²) in [4.78, 5) is 0. The number of hydrogen-bond donors (Lipinski definition) is 1. The highest BCUT2D eigenvalue weighted by Gasteiger charge is 2.01. The van der Waals surface area contributed by atoms with Crippen molar-refractivity contribution in [2.45, 2.75) is 33.2 Å². The van der Waals surface area contributed by atoms with E-state index in [4.69, 9.17) is 0 Å². The molecule has 0 radical (unpaired) electrons. The molecule has 1 N–H and O–H groups in total. The Bertz CT molecular complexity index is 544. The van der Waals surface area contributed by atoms with Crippen LogP contribution in [0.15, 0.2) is 42.5 Å². The monoisotopic (exact) mass is 257 g/mol. The van der Waals surface area contributed by atoms with Crippen LogP contribution in [0, 0.1) is 12.7 Å². The van der Waals surface area contributed by atoms with E-state index < -0.39 is 0 Å². The third-order valence-corrected chi connectivity index (χ3v) is 3.30. The Morgan fingerprint density at radius 2 is 1.74 bits per heavy atom. The van der Waals surface area contributed by atoms with E-state index in [1.54, 1.807) is 13.0 Å². The van der Waals surface area contributed by atoms with E-state index in [2.05, 4.69) is 43.4 Å². The zero-order chi connectivity index (χ0) is 13.8. The lowest BCUT2D eigenvalue weighted by atomic mass is 10.0. The number of anilines is 1. The molecular formula is C17H20FN. The molecule has 2 heteroatoms. The van der Waals surface area contributed by atoms with Crippen LogP contribution in [0.4, 0.5) is 10.1 Å². The third kappa shape index (κ3) is 3.57. The van der Waals surface area contributed by atoms with Crippen molar-refractivity contribution in [3.8, 4) is 0 Å². The van der Waals surface area contributed by atoms with Crippen molar-refractivity contribution >= 4 is 5.69 Å². The van der Waals surface area contributed by atoms with Gasteiger partial charge in [-0.1, -0.05) is 38.1 Å². The van der Waals surface area contributed by atoms with Crippen LogP contribution >= 0.6 is 0 Å². The molecule has 0 bridgehead atoms. The van der Waals surface area contributed by atoms with Crippen LogP contribution in [0.3, 0.4) is 0 Å². The number of benzene rings is 2. The summed E-state index contributed by atoms with van der Waals surface area (Å²) in [5, 5.41) is 3.31. The number of rotatable bonds is 4. The van der Waals surface area contributed by atoms with Gasteiger partial charge in [0.05, 0.1) is 0 Å². The van der Waals surface area contributed by atoms with Crippen LogP contribution in [0.2, 0.25) is 0 Å². The van der Waals surface area contributed by atoms with Crippen LogP contribution in [-0.4, -0.2) is 0 Å². The summed E-state index contributed by atoms with van der Waals surface area (Å²) in [6, 6.07) is 13.7. The minimum Gasteiger partial charge on any atom is -0.381 e. The van der Waals surface area contributed by atoms with Crippen molar-refractivity contribution in [3.05, 3.63) is 65.0 Å². The summed E-state index contributed by atoms with van der Waals surface area (Å²) in [5.74, 6) is 0.397. The SMILES string of the molecule is Cc1cc(NCc2ccc(C(C)C)cc2)ccc1F. The minimum atomic E-state index is -0.160. The molecule has 0 aliphatic rings. The molecule has 0 atom stereocenters. The number of aryl methyl sites for hydroxylation is 1. The number of hydrogen-bond acceptors (Lipinski definition) is 1. The van der Waals surface area contributed by atoms with Gasteiger partial charge in [-0.05, 0) is 47.7 Å². The molecule has 0 spiro atoms. The van der Waals surface area contributed by atoms with E-state index in [-0.39, 0.29) is 5.82 Å². The third-order valence-electron chi connectivity index (χ3n) is 3.30. The van der Waals surface area contributed by atoms with Crippen LogP contribution in [0.1, 0.15) is 36.5 Å². The molecule has 0 heterocycles. The van der Waals surface area contributed by atoms with Gasteiger partial charge in [-0.3, -0.25) is 0 Å². The van der Waals surface area contributed by atoms with Crippen molar-refractivity contribution in [1.82, 2.24) is 0 Å². The van der Waals surface area contributed by atoms with Gasteiger partial charge in [0.1, 0.15) is 5.82 Å². The van der Waals surface area contributed by atoms with Crippen molar-refractivity contribution in [3.63, 3.8) is 0 Å². The normalized spacial score (nSPS) is 10.8. The average molecular weight is 257 g/mol. The lowest BCUT2D eigenvalue weighted by Gasteiger charge is -2.10. The fourth-order valence-electron chi connectivity index (χ4n) is 1.98. The molecule has 0 amide bonds. The zero-order valence-electron chi connectivity index (χ0n) is 11.7. The first-order chi connectivity index (χ1) is 9.06. The van der Waals surface area contributed by atoms with Gasteiger partial charge in [-0.15, -0.1) is 0 Å². The smallest absolute Gasteiger partial charge is 0.126 e. The molecule has 0 aromatic heterocycles.